The monoisotopic (exact) mass is 242 g/mol. The third kappa shape index (κ3) is 5.61. The van der Waals surface area contributed by atoms with E-state index in [4.69, 9.17) is 10.6 Å². The normalized spacial score (nSPS) is 12.9. The molecule has 0 fully saturated rings. The first-order valence-electron chi connectivity index (χ1n) is 5.93. The molecule has 0 aliphatic heterocycles. The van der Waals surface area contributed by atoms with Gasteiger partial charge in [-0.15, -0.1) is 11.3 Å². The lowest BCUT2D eigenvalue weighted by molar-refractivity contribution is 0.123. The minimum atomic E-state index is 0.360. The average molecular weight is 242 g/mol. The molecule has 0 aromatic carbocycles. The van der Waals surface area contributed by atoms with Gasteiger partial charge in [0, 0.05) is 24.1 Å². The maximum Gasteiger partial charge on any atom is 0.0481 e. The van der Waals surface area contributed by atoms with Crippen molar-refractivity contribution in [2.75, 3.05) is 13.2 Å². The number of rotatable bonds is 9. The summed E-state index contributed by atoms with van der Waals surface area (Å²) in [4.78, 5) is 1.43. The minimum absolute atomic E-state index is 0.360. The second kappa shape index (κ2) is 8.70. The molecule has 0 aliphatic rings. The zero-order valence-corrected chi connectivity index (χ0v) is 10.8. The van der Waals surface area contributed by atoms with Gasteiger partial charge in [0.05, 0.1) is 0 Å². The van der Waals surface area contributed by atoms with Crippen LogP contribution in [0, 0.1) is 0 Å². The lowest BCUT2D eigenvalue weighted by Crippen LogP contribution is -2.36. The van der Waals surface area contributed by atoms with Crippen molar-refractivity contribution in [1.29, 1.82) is 0 Å². The van der Waals surface area contributed by atoms with Crippen LogP contribution in [0.5, 0.6) is 0 Å². The third-order valence-electron chi connectivity index (χ3n) is 2.51. The van der Waals surface area contributed by atoms with Gasteiger partial charge in [-0.2, -0.15) is 0 Å². The van der Waals surface area contributed by atoms with Crippen LogP contribution in [-0.2, 0) is 11.2 Å². The van der Waals surface area contributed by atoms with Crippen LogP contribution in [0.3, 0.4) is 0 Å². The number of hydrogen-bond acceptors (Lipinski definition) is 4. The Balaban J connectivity index is 2.11. The standard InChI is InChI=1S/C12H22N2OS/c1-2-8-15-9-7-11(14-13)5-6-12-4-3-10-16-12/h3-4,10-11,14H,2,5-9,13H2,1H3. The summed E-state index contributed by atoms with van der Waals surface area (Å²) in [7, 11) is 0. The van der Waals surface area contributed by atoms with Crippen LogP contribution >= 0.6 is 11.3 Å². The summed E-state index contributed by atoms with van der Waals surface area (Å²) >= 11 is 1.81. The fraction of sp³-hybridized carbons (Fsp3) is 0.667. The Morgan fingerprint density at radius 2 is 2.31 bits per heavy atom. The van der Waals surface area contributed by atoms with E-state index in [0.717, 1.165) is 38.9 Å². The van der Waals surface area contributed by atoms with Gasteiger partial charge in [0.25, 0.3) is 0 Å². The van der Waals surface area contributed by atoms with Crippen LogP contribution in [0.1, 0.15) is 31.1 Å². The van der Waals surface area contributed by atoms with E-state index < -0.39 is 0 Å². The van der Waals surface area contributed by atoms with Crippen LogP contribution in [0.15, 0.2) is 17.5 Å². The molecule has 1 atom stereocenters. The lowest BCUT2D eigenvalue weighted by atomic mass is 10.1. The smallest absolute Gasteiger partial charge is 0.0481 e. The molecule has 1 heterocycles. The lowest BCUT2D eigenvalue weighted by Gasteiger charge is -2.15. The van der Waals surface area contributed by atoms with E-state index in [-0.39, 0.29) is 0 Å². The van der Waals surface area contributed by atoms with Crippen molar-refractivity contribution in [1.82, 2.24) is 5.43 Å². The Bertz CT molecular complexity index is 252. The Kier molecular flexibility index (Phi) is 7.42. The fourth-order valence-corrected chi connectivity index (χ4v) is 2.28. The van der Waals surface area contributed by atoms with E-state index in [1.807, 2.05) is 11.3 Å². The first-order valence-corrected chi connectivity index (χ1v) is 6.81. The molecule has 1 aromatic rings. The number of thiophene rings is 1. The molecule has 1 aromatic heterocycles. The summed E-state index contributed by atoms with van der Waals surface area (Å²) in [6.45, 7) is 3.77. The maximum absolute atomic E-state index is 5.52. The quantitative estimate of drug-likeness (QED) is 0.397. The Morgan fingerprint density at radius 3 is 2.94 bits per heavy atom. The van der Waals surface area contributed by atoms with E-state index in [0.29, 0.717) is 6.04 Å². The first kappa shape index (κ1) is 13.6. The highest BCUT2D eigenvalue weighted by Gasteiger charge is 2.06. The van der Waals surface area contributed by atoms with Crippen molar-refractivity contribution in [3.05, 3.63) is 22.4 Å². The van der Waals surface area contributed by atoms with Crippen LogP contribution in [0.4, 0.5) is 0 Å². The predicted molar refractivity (Wildman–Crippen MR) is 69.5 cm³/mol. The summed E-state index contributed by atoms with van der Waals surface area (Å²) in [5.74, 6) is 5.52. The van der Waals surface area contributed by atoms with Gasteiger partial charge < -0.3 is 4.74 Å². The molecular formula is C12H22N2OS. The van der Waals surface area contributed by atoms with Gasteiger partial charge >= 0.3 is 0 Å². The fourth-order valence-electron chi connectivity index (χ4n) is 1.55. The molecule has 0 saturated heterocycles. The van der Waals surface area contributed by atoms with Gasteiger partial charge in [-0.1, -0.05) is 13.0 Å². The zero-order chi connectivity index (χ0) is 11.6. The average Bonchev–Trinajstić information content (AvgIpc) is 2.81. The number of nitrogens with two attached hydrogens (primary N) is 1. The van der Waals surface area contributed by atoms with Crippen LogP contribution in [0.25, 0.3) is 0 Å². The molecule has 3 nitrogen and oxygen atoms in total. The van der Waals surface area contributed by atoms with Crippen molar-refractivity contribution in [2.24, 2.45) is 5.84 Å². The molecule has 1 rings (SSSR count). The Morgan fingerprint density at radius 1 is 1.44 bits per heavy atom. The molecule has 16 heavy (non-hydrogen) atoms. The highest BCUT2D eigenvalue weighted by molar-refractivity contribution is 7.09. The van der Waals surface area contributed by atoms with E-state index >= 15 is 0 Å². The molecule has 0 bridgehead atoms. The van der Waals surface area contributed by atoms with Crippen LogP contribution < -0.4 is 11.3 Å². The maximum atomic E-state index is 5.52. The molecule has 1 unspecified atom stereocenters. The predicted octanol–water partition coefficient (Wildman–Crippen LogP) is 2.33. The largest absolute Gasteiger partial charge is 0.381 e. The highest BCUT2D eigenvalue weighted by Crippen LogP contribution is 2.12. The molecule has 92 valence electrons. The van der Waals surface area contributed by atoms with E-state index in [1.165, 1.54) is 4.88 Å². The van der Waals surface area contributed by atoms with E-state index in [1.54, 1.807) is 0 Å². The van der Waals surface area contributed by atoms with Crippen molar-refractivity contribution in [3.8, 4) is 0 Å². The molecule has 3 N–H and O–H groups in total. The SMILES string of the molecule is CCCOCCC(CCc1cccs1)NN. The summed E-state index contributed by atoms with van der Waals surface area (Å²) in [5, 5.41) is 2.12. The highest BCUT2D eigenvalue weighted by atomic mass is 32.1. The van der Waals surface area contributed by atoms with Crippen molar-refractivity contribution < 1.29 is 4.74 Å². The number of aryl methyl sites for hydroxylation is 1. The Labute approximate surface area is 102 Å². The van der Waals surface area contributed by atoms with Gasteiger partial charge in [-0.3, -0.25) is 11.3 Å². The third-order valence-corrected chi connectivity index (χ3v) is 3.45. The second-order valence-corrected chi connectivity index (χ2v) is 4.91. The molecular weight excluding hydrogens is 220 g/mol. The minimum Gasteiger partial charge on any atom is -0.381 e. The van der Waals surface area contributed by atoms with Gasteiger partial charge in [0.2, 0.25) is 0 Å². The van der Waals surface area contributed by atoms with Gasteiger partial charge in [-0.25, -0.2) is 0 Å². The van der Waals surface area contributed by atoms with Crippen LogP contribution in [0.2, 0.25) is 0 Å². The van der Waals surface area contributed by atoms with Gasteiger partial charge in [0.15, 0.2) is 0 Å². The molecule has 0 radical (unpaired) electrons. The number of hydrazine groups is 1. The summed E-state index contributed by atoms with van der Waals surface area (Å²) in [6.07, 6.45) is 4.24. The molecule has 0 aliphatic carbocycles. The first-order chi connectivity index (χ1) is 7.86. The van der Waals surface area contributed by atoms with Gasteiger partial charge in [-0.05, 0) is 37.1 Å². The molecule has 0 saturated carbocycles. The molecule has 4 heteroatoms. The molecule has 0 spiro atoms. The van der Waals surface area contributed by atoms with Crippen molar-refractivity contribution in [2.45, 2.75) is 38.6 Å². The number of hydrogen-bond donors (Lipinski definition) is 2. The molecule has 0 amide bonds. The number of nitrogens with one attached hydrogen (secondary N) is 1. The summed E-state index contributed by atoms with van der Waals surface area (Å²) in [5.41, 5.74) is 2.87. The second-order valence-electron chi connectivity index (χ2n) is 3.88. The van der Waals surface area contributed by atoms with Crippen molar-refractivity contribution in [3.63, 3.8) is 0 Å². The van der Waals surface area contributed by atoms with E-state index in [9.17, 15) is 0 Å². The van der Waals surface area contributed by atoms with Gasteiger partial charge in [0.1, 0.15) is 0 Å². The van der Waals surface area contributed by atoms with Crippen molar-refractivity contribution >= 4 is 11.3 Å². The summed E-state index contributed by atoms with van der Waals surface area (Å²) < 4.78 is 5.46. The topological polar surface area (TPSA) is 47.3 Å². The zero-order valence-electron chi connectivity index (χ0n) is 9.95. The number of ether oxygens (including phenoxy) is 1. The summed E-state index contributed by atoms with van der Waals surface area (Å²) in [6, 6.07) is 4.63. The Hall–Kier alpha value is -0.420. The van der Waals surface area contributed by atoms with Crippen LogP contribution in [-0.4, -0.2) is 19.3 Å². The van der Waals surface area contributed by atoms with E-state index in [2.05, 4.69) is 29.9 Å².